The molecule has 1 fully saturated rings. The predicted octanol–water partition coefficient (Wildman–Crippen LogP) is 2.12. The van der Waals surface area contributed by atoms with E-state index < -0.39 is 34.8 Å². The van der Waals surface area contributed by atoms with E-state index in [1.807, 2.05) is 12.2 Å². The molecule has 152 valence electrons. The van der Waals surface area contributed by atoms with Gasteiger partial charge >= 0.3 is 6.03 Å². The summed E-state index contributed by atoms with van der Waals surface area (Å²) in [5, 5.41) is 4.73. The summed E-state index contributed by atoms with van der Waals surface area (Å²) in [6, 6.07) is 2.50. The monoisotopic (exact) mass is 410 g/mol. The highest BCUT2D eigenvalue weighted by molar-refractivity contribution is 6.06. The van der Waals surface area contributed by atoms with Crippen molar-refractivity contribution in [3.63, 3.8) is 0 Å². The molecule has 1 aromatic rings. The molecular weight excluding hydrogens is 394 g/mol. The van der Waals surface area contributed by atoms with Crippen molar-refractivity contribution >= 4 is 23.9 Å². The Balaban J connectivity index is 1.39. The maximum absolute atomic E-state index is 13.8. The standard InChI is InChI=1S/C20H16F2N6O2/c21-14-4-1-5-15(22)16(14)27-18(29)26-13-6-7-19(23)20(9-13,30-19)28-8-2-3-12-10-24-11-25-17(12)28/h1-9,11H,10,23H2,(H2,26,27,29). The number of nitrogens with zero attached hydrogens (tertiary/aromatic N) is 3. The Hall–Kier alpha value is -3.63. The van der Waals surface area contributed by atoms with Crippen LogP contribution in [0, 0.1) is 11.6 Å². The highest BCUT2D eigenvalue weighted by atomic mass is 19.1. The number of amidine groups is 1. The van der Waals surface area contributed by atoms with Crippen molar-refractivity contribution in [3.05, 3.63) is 77.7 Å². The van der Waals surface area contributed by atoms with Crippen LogP contribution in [0.5, 0.6) is 0 Å². The highest BCUT2D eigenvalue weighted by Crippen LogP contribution is 2.52. The Morgan fingerprint density at radius 3 is 2.87 bits per heavy atom. The van der Waals surface area contributed by atoms with Gasteiger partial charge in [0.15, 0.2) is 5.72 Å². The number of hydrogen-bond donors (Lipinski definition) is 3. The average Bonchev–Trinajstić information content (AvgIpc) is 3.36. The third-order valence-electron chi connectivity index (χ3n) is 5.09. The number of anilines is 1. The zero-order valence-corrected chi connectivity index (χ0v) is 15.5. The van der Waals surface area contributed by atoms with Crippen LogP contribution in [0.4, 0.5) is 19.3 Å². The molecule has 10 heteroatoms. The number of carbonyl (C=O) groups is 1. The first kappa shape index (κ1) is 18.4. The number of nitrogens with two attached hydrogens (primary N) is 1. The number of aliphatic imine (C=N–C) groups is 2. The molecule has 0 bridgehead atoms. The number of benzene rings is 1. The number of halogens is 2. The third kappa shape index (κ3) is 2.77. The summed E-state index contributed by atoms with van der Waals surface area (Å²) in [6.45, 7) is 0.481. The second-order valence-electron chi connectivity index (χ2n) is 7.01. The number of amides is 2. The second-order valence-corrected chi connectivity index (χ2v) is 7.01. The molecule has 0 aromatic heterocycles. The molecular formula is C20H16F2N6O2. The van der Waals surface area contributed by atoms with Crippen LogP contribution in [0.1, 0.15) is 0 Å². The first-order valence-corrected chi connectivity index (χ1v) is 9.08. The molecule has 5 rings (SSSR count). The van der Waals surface area contributed by atoms with Gasteiger partial charge in [-0.2, -0.15) is 0 Å². The lowest BCUT2D eigenvalue weighted by molar-refractivity contribution is 0.230. The molecule has 4 N–H and O–H groups in total. The second kappa shape index (κ2) is 6.44. The third-order valence-corrected chi connectivity index (χ3v) is 5.09. The van der Waals surface area contributed by atoms with Crippen LogP contribution in [0.15, 0.2) is 76.0 Å². The van der Waals surface area contributed by atoms with Crippen LogP contribution in [-0.2, 0) is 4.74 Å². The number of urea groups is 1. The molecule has 1 aromatic carbocycles. The minimum absolute atomic E-state index is 0.345. The summed E-state index contributed by atoms with van der Waals surface area (Å²) in [5.74, 6) is -1.12. The van der Waals surface area contributed by atoms with Crippen molar-refractivity contribution in [2.24, 2.45) is 15.7 Å². The summed E-state index contributed by atoms with van der Waals surface area (Å²) >= 11 is 0. The normalized spacial score (nSPS) is 28.1. The summed E-state index contributed by atoms with van der Waals surface area (Å²) in [6.07, 6.45) is 11.8. The first-order chi connectivity index (χ1) is 14.4. The molecule has 1 saturated heterocycles. The Kier molecular flexibility index (Phi) is 3.95. The van der Waals surface area contributed by atoms with Crippen LogP contribution in [0.3, 0.4) is 0 Å². The van der Waals surface area contributed by atoms with Gasteiger partial charge in [0.2, 0.25) is 5.72 Å². The highest BCUT2D eigenvalue weighted by Gasteiger charge is 2.71. The molecule has 0 radical (unpaired) electrons. The van der Waals surface area contributed by atoms with Gasteiger partial charge in [-0.05, 0) is 36.4 Å². The zero-order valence-electron chi connectivity index (χ0n) is 15.5. The number of ether oxygens (including phenoxy) is 1. The van der Waals surface area contributed by atoms with Crippen molar-refractivity contribution < 1.29 is 18.3 Å². The van der Waals surface area contributed by atoms with Gasteiger partial charge in [-0.25, -0.2) is 18.6 Å². The molecule has 0 saturated carbocycles. The molecule has 30 heavy (non-hydrogen) atoms. The number of allylic oxidation sites excluding steroid dienone is 3. The van der Waals surface area contributed by atoms with Gasteiger partial charge in [0.25, 0.3) is 0 Å². The number of nitrogens with one attached hydrogen (secondary N) is 2. The van der Waals surface area contributed by atoms with Gasteiger partial charge in [0.1, 0.15) is 29.5 Å². The van der Waals surface area contributed by atoms with Gasteiger partial charge < -0.3 is 15.4 Å². The molecule has 2 unspecified atom stereocenters. The SMILES string of the molecule is NC12C=CC(NC(=O)Nc3c(F)cccc3F)=CC1(N1C=CC=C3CN=CN=C31)O2. The van der Waals surface area contributed by atoms with Crippen LogP contribution in [-0.4, -0.2) is 41.1 Å². The van der Waals surface area contributed by atoms with Gasteiger partial charge in [-0.15, -0.1) is 0 Å². The number of epoxide rings is 1. The van der Waals surface area contributed by atoms with Crippen LogP contribution in [0.2, 0.25) is 0 Å². The summed E-state index contributed by atoms with van der Waals surface area (Å²) < 4.78 is 33.4. The van der Waals surface area contributed by atoms with E-state index in [0.29, 0.717) is 18.1 Å². The summed E-state index contributed by atoms with van der Waals surface area (Å²) in [5.41, 5.74) is 4.82. The average molecular weight is 410 g/mol. The molecule has 0 spiro atoms. The zero-order chi connectivity index (χ0) is 20.9. The van der Waals surface area contributed by atoms with E-state index in [1.54, 1.807) is 29.3 Å². The fraction of sp³-hybridized carbons (Fsp3) is 0.150. The molecule has 3 aliphatic heterocycles. The fourth-order valence-corrected chi connectivity index (χ4v) is 3.59. The molecule has 8 nitrogen and oxygen atoms in total. The predicted molar refractivity (Wildman–Crippen MR) is 106 cm³/mol. The minimum atomic E-state index is -1.11. The number of hydrogen-bond acceptors (Lipinski definition) is 6. The lowest BCUT2D eigenvalue weighted by atomic mass is 9.98. The largest absolute Gasteiger partial charge is 0.323 e. The minimum Gasteiger partial charge on any atom is -0.317 e. The van der Waals surface area contributed by atoms with Crippen molar-refractivity contribution in [1.29, 1.82) is 0 Å². The molecule has 3 heterocycles. The quantitative estimate of drug-likeness (QED) is 0.664. The number of para-hydroxylation sites is 1. The van der Waals surface area contributed by atoms with Crippen molar-refractivity contribution in [3.8, 4) is 0 Å². The van der Waals surface area contributed by atoms with E-state index in [4.69, 9.17) is 10.5 Å². The van der Waals surface area contributed by atoms with Crippen LogP contribution < -0.4 is 16.4 Å². The number of carbonyl (C=O) groups excluding carboxylic acids is 1. The molecule has 1 aliphatic carbocycles. The number of rotatable bonds is 3. The van der Waals surface area contributed by atoms with Gasteiger partial charge in [0.05, 0.1) is 6.54 Å². The van der Waals surface area contributed by atoms with Crippen LogP contribution >= 0.6 is 0 Å². The van der Waals surface area contributed by atoms with E-state index in [1.165, 1.54) is 12.4 Å². The lowest BCUT2D eigenvalue weighted by Crippen LogP contribution is -2.49. The maximum Gasteiger partial charge on any atom is 0.323 e. The lowest BCUT2D eigenvalue weighted by Gasteiger charge is -2.33. The Morgan fingerprint density at radius 2 is 2.07 bits per heavy atom. The molecule has 2 atom stereocenters. The first-order valence-electron chi connectivity index (χ1n) is 9.08. The van der Waals surface area contributed by atoms with Crippen molar-refractivity contribution in [2.45, 2.75) is 11.4 Å². The topological polar surface area (TPSA) is 108 Å². The molecule has 4 aliphatic rings. The van der Waals surface area contributed by atoms with Crippen molar-refractivity contribution in [1.82, 2.24) is 10.2 Å². The van der Waals surface area contributed by atoms with E-state index >= 15 is 0 Å². The Bertz CT molecular complexity index is 1120. The molecule has 2 amide bonds. The fourth-order valence-electron chi connectivity index (χ4n) is 3.59. The van der Waals surface area contributed by atoms with Gasteiger partial charge in [-0.3, -0.25) is 15.6 Å². The summed E-state index contributed by atoms with van der Waals surface area (Å²) in [7, 11) is 0. The van der Waals surface area contributed by atoms with E-state index in [9.17, 15) is 13.6 Å². The Morgan fingerprint density at radius 1 is 1.27 bits per heavy atom. The van der Waals surface area contributed by atoms with Crippen molar-refractivity contribution in [2.75, 3.05) is 11.9 Å². The van der Waals surface area contributed by atoms with E-state index in [0.717, 1.165) is 17.7 Å². The van der Waals surface area contributed by atoms with E-state index in [2.05, 4.69) is 20.6 Å². The van der Waals surface area contributed by atoms with Gasteiger partial charge in [0, 0.05) is 17.5 Å². The van der Waals surface area contributed by atoms with Gasteiger partial charge in [-0.1, -0.05) is 12.1 Å². The van der Waals surface area contributed by atoms with E-state index in [-0.39, 0.29) is 0 Å². The smallest absolute Gasteiger partial charge is 0.317 e. The van der Waals surface area contributed by atoms with Crippen LogP contribution in [0.25, 0.3) is 0 Å². The maximum atomic E-state index is 13.8. The summed E-state index contributed by atoms with van der Waals surface area (Å²) in [4.78, 5) is 22.6. The number of fused-ring (bicyclic) bond motifs is 2. The Labute approximate surface area is 169 Å².